The first-order chi connectivity index (χ1) is 7.56. The molecule has 0 aromatic carbocycles. The Morgan fingerprint density at radius 1 is 1.62 bits per heavy atom. The number of aromatic nitrogens is 1. The topological polar surface area (TPSA) is 53.4 Å². The van der Waals surface area contributed by atoms with Crippen LogP contribution in [0.4, 0.5) is 5.82 Å². The van der Waals surface area contributed by atoms with Gasteiger partial charge in [0.2, 0.25) is 0 Å². The van der Waals surface area contributed by atoms with E-state index in [1.807, 2.05) is 6.26 Å². The van der Waals surface area contributed by atoms with E-state index >= 15 is 0 Å². The zero-order valence-electron chi connectivity index (χ0n) is 9.11. The molecule has 1 heterocycles. The van der Waals surface area contributed by atoms with Crippen LogP contribution in [-0.2, 0) is 0 Å². The number of anilines is 1. The number of carbonyl (C=O) groups is 1. The standard InChI is InChI=1S/C10H13ClN2O2S/c1-13(5-6-16-2)9-7(10(14)15)3-4-8(11)12-9/h3-4H,5-6H2,1-2H3,(H,14,15). The molecule has 16 heavy (non-hydrogen) atoms. The van der Waals surface area contributed by atoms with Gasteiger partial charge in [0.1, 0.15) is 16.5 Å². The number of thioether (sulfide) groups is 1. The van der Waals surface area contributed by atoms with Crippen LogP contribution in [0.3, 0.4) is 0 Å². The van der Waals surface area contributed by atoms with E-state index in [0.717, 1.165) is 12.3 Å². The Kier molecular flexibility index (Phi) is 4.89. The van der Waals surface area contributed by atoms with Crippen LogP contribution in [0, 0.1) is 0 Å². The van der Waals surface area contributed by atoms with Crippen LogP contribution in [0.15, 0.2) is 12.1 Å². The van der Waals surface area contributed by atoms with Crippen molar-refractivity contribution in [1.82, 2.24) is 4.98 Å². The van der Waals surface area contributed by atoms with Gasteiger partial charge in [-0.15, -0.1) is 0 Å². The minimum Gasteiger partial charge on any atom is -0.478 e. The molecule has 0 unspecified atom stereocenters. The second-order valence-corrected chi connectivity index (χ2v) is 4.60. The van der Waals surface area contributed by atoms with Gasteiger partial charge in [-0.2, -0.15) is 11.8 Å². The number of halogens is 1. The summed E-state index contributed by atoms with van der Waals surface area (Å²) in [4.78, 5) is 16.8. The highest BCUT2D eigenvalue weighted by atomic mass is 35.5. The molecule has 0 amide bonds. The van der Waals surface area contributed by atoms with Crippen LogP contribution in [0.25, 0.3) is 0 Å². The molecule has 0 bridgehead atoms. The van der Waals surface area contributed by atoms with Crippen molar-refractivity contribution >= 4 is 35.1 Å². The smallest absolute Gasteiger partial charge is 0.339 e. The van der Waals surface area contributed by atoms with Crippen LogP contribution in [0.1, 0.15) is 10.4 Å². The fourth-order valence-electron chi connectivity index (χ4n) is 1.22. The predicted molar refractivity (Wildman–Crippen MR) is 67.9 cm³/mol. The van der Waals surface area contributed by atoms with E-state index in [-0.39, 0.29) is 5.56 Å². The van der Waals surface area contributed by atoms with E-state index in [4.69, 9.17) is 16.7 Å². The zero-order chi connectivity index (χ0) is 12.1. The zero-order valence-corrected chi connectivity index (χ0v) is 10.7. The third-order valence-corrected chi connectivity index (χ3v) is 2.87. The molecule has 0 saturated heterocycles. The van der Waals surface area contributed by atoms with Gasteiger partial charge in [0, 0.05) is 19.3 Å². The van der Waals surface area contributed by atoms with Gasteiger partial charge in [-0.25, -0.2) is 9.78 Å². The van der Waals surface area contributed by atoms with Gasteiger partial charge in [-0.05, 0) is 18.4 Å². The van der Waals surface area contributed by atoms with Crippen molar-refractivity contribution in [2.45, 2.75) is 0 Å². The molecule has 0 saturated carbocycles. The average molecular weight is 261 g/mol. The molecule has 4 nitrogen and oxygen atoms in total. The molecular formula is C10H13ClN2O2S. The molecular weight excluding hydrogens is 248 g/mol. The number of aromatic carboxylic acids is 1. The minimum absolute atomic E-state index is 0.174. The lowest BCUT2D eigenvalue weighted by molar-refractivity contribution is 0.0697. The van der Waals surface area contributed by atoms with Gasteiger partial charge in [-0.3, -0.25) is 0 Å². The van der Waals surface area contributed by atoms with E-state index < -0.39 is 5.97 Å². The fraction of sp³-hybridized carbons (Fsp3) is 0.400. The summed E-state index contributed by atoms with van der Waals surface area (Å²) in [6.45, 7) is 0.731. The lowest BCUT2D eigenvalue weighted by Gasteiger charge is -2.19. The largest absolute Gasteiger partial charge is 0.478 e. The molecule has 0 fully saturated rings. The van der Waals surface area contributed by atoms with Crippen molar-refractivity contribution in [3.8, 4) is 0 Å². The monoisotopic (exact) mass is 260 g/mol. The first-order valence-corrected chi connectivity index (χ1v) is 6.43. The first kappa shape index (κ1) is 13.1. The molecule has 0 radical (unpaired) electrons. The number of hydrogen-bond acceptors (Lipinski definition) is 4. The molecule has 0 atom stereocenters. The Morgan fingerprint density at radius 3 is 2.88 bits per heavy atom. The molecule has 1 N–H and O–H groups in total. The summed E-state index contributed by atoms with van der Waals surface area (Å²) < 4.78 is 0. The van der Waals surface area contributed by atoms with Crippen molar-refractivity contribution < 1.29 is 9.90 Å². The Balaban J connectivity index is 2.99. The molecule has 6 heteroatoms. The van der Waals surface area contributed by atoms with Gasteiger partial charge in [0.05, 0.1) is 0 Å². The second kappa shape index (κ2) is 5.96. The third kappa shape index (κ3) is 3.28. The number of nitrogens with zero attached hydrogens (tertiary/aromatic N) is 2. The minimum atomic E-state index is -0.991. The van der Waals surface area contributed by atoms with Crippen molar-refractivity contribution in [2.75, 3.05) is 30.5 Å². The lowest BCUT2D eigenvalue weighted by atomic mass is 10.2. The van der Waals surface area contributed by atoms with Crippen LogP contribution in [0.5, 0.6) is 0 Å². The summed E-state index contributed by atoms with van der Waals surface area (Å²) in [7, 11) is 1.81. The maximum atomic E-state index is 11.0. The first-order valence-electron chi connectivity index (χ1n) is 4.66. The summed E-state index contributed by atoms with van der Waals surface area (Å²) >= 11 is 7.46. The lowest BCUT2D eigenvalue weighted by Crippen LogP contribution is -2.23. The van der Waals surface area contributed by atoms with Gasteiger partial charge in [0.15, 0.2) is 0 Å². The number of carboxylic acids is 1. The molecule has 1 aromatic rings. The molecule has 0 spiro atoms. The molecule has 0 aliphatic rings. The van der Waals surface area contributed by atoms with Gasteiger partial charge >= 0.3 is 5.97 Å². The average Bonchev–Trinajstić information content (AvgIpc) is 2.25. The summed E-state index contributed by atoms with van der Waals surface area (Å²) in [5.41, 5.74) is 0.174. The maximum absolute atomic E-state index is 11.0. The van der Waals surface area contributed by atoms with E-state index in [9.17, 15) is 4.79 Å². The number of pyridine rings is 1. The van der Waals surface area contributed by atoms with Gasteiger partial charge in [0.25, 0.3) is 0 Å². The Hall–Kier alpha value is -0.940. The summed E-state index contributed by atoms with van der Waals surface area (Å²) in [6, 6.07) is 2.96. The normalized spacial score (nSPS) is 10.2. The van der Waals surface area contributed by atoms with Gasteiger partial charge < -0.3 is 10.0 Å². The van der Waals surface area contributed by atoms with Crippen molar-refractivity contribution in [3.63, 3.8) is 0 Å². The summed E-state index contributed by atoms with van der Waals surface area (Å²) in [5.74, 6) is 0.327. The van der Waals surface area contributed by atoms with Crippen LogP contribution in [-0.4, -0.2) is 41.7 Å². The SMILES string of the molecule is CSCCN(C)c1nc(Cl)ccc1C(=O)O. The highest BCUT2D eigenvalue weighted by molar-refractivity contribution is 7.98. The van der Waals surface area contributed by atoms with Crippen molar-refractivity contribution in [3.05, 3.63) is 22.8 Å². The van der Waals surface area contributed by atoms with E-state index in [0.29, 0.717) is 11.0 Å². The van der Waals surface area contributed by atoms with Crippen molar-refractivity contribution in [2.24, 2.45) is 0 Å². The Bertz CT molecular complexity index is 387. The quantitative estimate of drug-likeness (QED) is 0.823. The van der Waals surface area contributed by atoms with Crippen LogP contribution < -0.4 is 4.90 Å². The van der Waals surface area contributed by atoms with Crippen LogP contribution >= 0.6 is 23.4 Å². The second-order valence-electron chi connectivity index (χ2n) is 3.22. The highest BCUT2D eigenvalue weighted by Crippen LogP contribution is 2.20. The predicted octanol–water partition coefficient (Wildman–Crippen LogP) is 2.23. The Labute approximate surface area is 104 Å². The number of hydrogen-bond donors (Lipinski definition) is 1. The highest BCUT2D eigenvalue weighted by Gasteiger charge is 2.15. The van der Waals surface area contributed by atoms with E-state index in [1.165, 1.54) is 12.1 Å². The molecule has 88 valence electrons. The van der Waals surface area contributed by atoms with E-state index in [2.05, 4.69) is 4.98 Å². The molecule has 0 aliphatic carbocycles. The van der Waals surface area contributed by atoms with Gasteiger partial charge in [-0.1, -0.05) is 11.6 Å². The fourth-order valence-corrected chi connectivity index (χ4v) is 1.82. The summed E-state index contributed by atoms with van der Waals surface area (Å²) in [6.07, 6.45) is 2.00. The molecule has 0 aliphatic heterocycles. The van der Waals surface area contributed by atoms with Crippen LogP contribution in [0.2, 0.25) is 5.15 Å². The number of rotatable bonds is 5. The summed E-state index contributed by atoms with van der Waals surface area (Å²) in [5, 5.41) is 9.32. The molecule has 1 rings (SSSR count). The third-order valence-electron chi connectivity index (χ3n) is 2.06. The molecule has 1 aromatic heterocycles. The maximum Gasteiger partial charge on any atom is 0.339 e. The Morgan fingerprint density at radius 2 is 2.31 bits per heavy atom. The van der Waals surface area contributed by atoms with E-state index in [1.54, 1.807) is 23.7 Å². The van der Waals surface area contributed by atoms with Crippen molar-refractivity contribution in [1.29, 1.82) is 0 Å². The number of carboxylic acid groups (broad SMARTS) is 1.